The summed E-state index contributed by atoms with van der Waals surface area (Å²) in [5.74, 6) is 0. The Hall–Kier alpha value is -0.860. The summed E-state index contributed by atoms with van der Waals surface area (Å²) in [4.78, 5) is 2.28. The van der Waals surface area contributed by atoms with Gasteiger partial charge in [-0.05, 0) is 32.0 Å². The van der Waals surface area contributed by atoms with Crippen LogP contribution in [0, 0.1) is 6.92 Å². The molecule has 1 aromatic rings. The van der Waals surface area contributed by atoms with Gasteiger partial charge in [0.2, 0.25) is 0 Å². The predicted molar refractivity (Wildman–Crippen MR) is 68.5 cm³/mol. The Kier molecular flexibility index (Phi) is 5.50. The minimum atomic E-state index is -0.368. The zero-order chi connectivity index (χ0) is 12.0. The van der Waals surface area contributed by atoms with Crippen LogP contribution < -0.4 is 0 Å². The first-order valence-electron chi connectivity index (χ1n) is 6.14. The number of hydrogen-bond donors (Lipinski definition) is 1. The fourth-order valence-corrected chi connectivity index (χ4v) is 1.83. The maximum Gasteiger partial charge on any atom is 0.0916 e. The van der Waals surface area contributed by atoms with Gasteiger partial charge in [0.1, 0.15) is 0 Å². The van der Waals surface area contributed by atoms with Gasteiger partial charge in [0.05, 0.1) is 6.10 Å². The largest absolute Gasteiger partial charge is 0.387 e. The summed E-state index contributed by atoms with van der Waals surface area (Å²) in [5.41, 5.74) is 2.25. The second kappa shape index (κ2) is 6.66. The maximum atomic E-state index is 10.1. The Morgan fingerprint density at radius 2 is 1.81 bits per heavy atom. The molecule has 1 atom stereocenters. The lowest BCUT2D eigenvalue weighted by atomic mass is 10.1. The monoisotopic (exact) mass is 221 g/mol. The van der Waals surface area contributed by atoms with Gasteiger partial charge in [0, 0.05) is 6.54 Å². The first kappa shape index (κ1) is 13.2. The second-order valence-corrected chi connectivity index (χ2v) is 4.32. The van der Waals surface area contributed by atoms with E-state index in [1.807, 2.05) is 12.1 Å². The van der Waals surface area contributed by atoms with Gasteiger partial charge < -0.3 is 10.0 Å². The van der Waals surface area contributed by atoms with Gasteiger partial charge in [-0.3, -0.25) is 0 Å². The highest BCUT2D eigenvalue weighted by Gasteiger charge is 2.11. The summed E-state index contributed by atoms with van der Waals surface area (Å²) in [6.07, 6.45) is 0.765. The van der Waals surface area contributed by atoms with E-state index < -0.39 is 0 Å². The summed E-state index contributed by atoms with van der Waals surface area (Å²) in [6.45, 7) is 9.15. The van der Waals surface area contributed by atoms with Crippen molar-refractivity contribution in [2.24, 2.45) is 0 Å². The molecule has 1 N–H and O–H groups in total. The standard InChI is InChI=1S/C14H23NO/c1-4-10-15(5-2)11-14(16)13-8-6-12(3)7-9-13/h6-9,14,16H,4-5,10-11H2,1-3H3. The predicted octanol–water partition coefficient (Wildman–Crippen LogP) is 2.76. The number of aryl methyl sites for hydroxylation is 1. The van der Waals surface area contributed by atoms with Crippen molar-refractivity contribution in [3.63, 3.8) is 0 Å². The minimum Gasteiger partial charge on any atom is -0.387 e. The van der Waals surface area contributed by atoms with Crippen molar-refractivity contribution in [3.05, 3.63) is 35.4 Å². The second-order valence-electron chi connectivity index (χ2n) is 4.32. The van der Waals surface area contributed by atoms with Crippen molar-refractivity contribution in [2.75, 3.05) is 19.6 Å². The first-order chi connectivity index (χ1) is 7.67. The average Bonchev–Trinajstić information content (AvgIpc) is 2.29. The van der Waals surface area contributed by atoms with E-state index in [0.717, 1.165) is 31.6 Å². The molecule has 0 fully saturated rings. The number of aliphatic hydroxyl groups is 1. The normalized spacial score (nSPS) is 13.1. The summed E-state index contributed by atoms with van der Waals surface area (Å²) in [6, 6.07) is 8.13. The lowest BCUT2D eigenvalue weighted by molar-refractivity contribution is 0.116. The molecule has 0 saturated carbocycles. The summed E-state index contributed by atoms with van der Waals surface area (Å²) < 4.78 is 0. The van der Waals surface area contributed by atoms with Crippen LogP contribution in [0.3, 0.4) is 0 Å². The maximum absolute atomic E-state index is 10.1. The highest BCUT2D eigenvalue weighted by molar-refractivity contribution is 5.23. The Labute approximate surface area is 98.9 Å². The minimum absolute atomic E-state index is 0.368. The molecule has 0 bridgehead atoms. The molecule has 1 rings (SSSR count). The highest BCUT2D eigenvalue weighted by atomic mass is 16.3. The topological polar surface area (TPSA) is 23.5 Å². The van der Waals surface area contributed by atoms with Crippen molar-refractivity contribution in [3.8, 4) is 0 Å². The van der Waals surface area contributed by atoms with E-state index in [-0.39, 0.29) is 6.10 Å². The quantitative estimate of drug-likeness (QED) is 0.798. The van der Waals surface area contributed by atoms with Crippen molar-refractivity contribution in [1.82, 2.24) is 4.90 Å². The van der Waals surface area contributed by atoms with Gasteiger partial charge in [-0.1, -0.05) is 43.7 Å². The van der Waals surface area contributed by atoms with Gasteiger partial charge in [-0.2, -0.15) is 0 Å². The van der Waals surface area contributed by atoms with Crippen LogP contribution in [0.4, 0.5) is 0 Å². The van der Waals surface area contributed by atoms with Crippen LogP contribution >= 0.6 is 0 Å². The first-order valence-corrected chi connectivity index (χ1v) is 6.14. The van der Waals surface area contributed by atoms with E-state index in [1.165, 1.54) is 5.56 Å². The van der Waals surface area contributed by atoms with Crippen LogP contribution in [-0.4, -0.2) is 29.6 Å². The molecule has 1 aromatic carbocycles. The van der Waals surface area contributed by atoms with Crippen LogP contribution in [0.1, 0.15) is 37.5 Å². The highest BCUT2D eigenvalue weighted by Crippen LogP contribution is 2.15. The molecule has 0 heterocycles. The molecular formula is C14H23NO. The zero-order valence-electron chi connectivity index (χ0n) is 10.6. The molecule has 2 heteroatoms. The molecule has 0 aromatic heterocycles. The molecule has 16 heavy (non-hydrogen) atoms. The molecule has 0 spiro atoms. The van der Waals surface area contributed by atoms with Crippen molar-refractivity contribution < 1.29 is 5.11 Å². The molecule has 0 saturated heterocycles. The molecule has 0 radical (unpaired) electrons. The Morgan fingerprint density at radius 3 is 2.31 bits per heavy atom. The van der Waals surface area contributed by atoms with E-state index >= 15 is 0 Å². The Bertz CT molecular complexity index is 294. The molecule has 0 aliphatic carbocycles. The molecule has 90 valence electrons. The summed E-state index contributed by atoms with van der Waals surface area (Å²) in [5, 5.41) is 10.1. The van der Waals surface area contributed by atoms with Gasteiger partial charge in [0.25, 0.3) is 0 Å². The van der Waals surface area contributed by atoms with Crippen molar-refractivity contribution in [1.29, 1.82) is 0 Å². The zero-order valence-corrected chi connectivity index (χ0v) is 10.6. The summed E-state index contributed by atoms with van der Waals surface area (Å²) >= 11 is 0. The molecular weight excluding hydrogens is 198 g/mol. The number of rotatable bonds is 6. The van der Waals surface area contributed by atoms with Gasteiger partial charge in [0.15, 0.2) is 0 Å². The van der Waals surface area contributed by atoms with Crippen LogP contribution in [0.15, 0.2) is 24.3 Å². The van der Waals surface area contributed by atoms with E-state index in [9.17, 15) is 5.11 Å². The van der Waals surface area contributed by atoms with Crippen LogP contribution in [-0.2, 0) is 0 Å². The van der Waals surface area contributed by atoms with E-state index in [2.05, 4.69) is 37.8 Å². The average molecular weight is 221 g/mol. The van der Waals surface area contributed by atoms with Crippen LogP contribution in [0.5, 0.6) is 0 Å². The van der Waals surface area contributed by atoms with Crippen molar-refractivity contribution in [2.45, 2.75) is 33.3 Å². The van der Waals surface area contributed by atoms with E-state index in [4.69, 9.17) is 0 Å². The number of benzene rings is 1. The van der Waals surface area contributed by atoms with Gasteiger partial charge in [-0.15, -0.1) is 0 Å². The van der Waals surface area contributed by atoms with Crippen molar-refractivity contribution >= 4 is 0 Å². The third-order valence-electron chi connectivity index (χ3n) is 2.88. The van der Waals surface area contributed by atoms with Crippen LogP contribution in [0.25, 0.3) is 0 Å². The Morgan fingerprint density at radius 1 is 1.19 bits per heavy atom. The fraction of sp³-hybridized carbons (Fsp3) is 0.571. The molecule has 0 aliphatic rings. The molecule has 0 amide bonds. The number of likely N-dealkylation sites (N-methyl/N-ethyl adjacent to an activating group) is 1. The molecule has 0 aliphatic heterocycles. The SMILES string of the molecule is CCCN(CC)CC(O)c1ccc(C)cc1. The Balaban J connectivity index is 2.56. The van der Waals surface area contributed by atoms with E-state index in [1.54, 1.807) is 0 Å². The third kappa shape index (κ3) is 3.95. The lowest BCUT2D eigenvalue weighted by Crippen LogP contribution is -2.29. The van der Waals surface area contributed by atoms with Gasteiger partial charge in [-0.25, -0.2) is 0 Å². The summed E-state index contributed by atoms with van der Waals surface area (Å²) in [7, 11) is 0. The smallest absolute Gasteiger partial charge is 0.0916 e. The third-order valence-corrected chi connectivity index (χ3v) is 2.88. The van der Waals surface area contributed by atoms with E-state index in [0.29, 0.717) is 0 Å². The van der Waals surface area contributed by atoms with Crippen LogP contribution in [0.2, 0.25) is 0 Å². The fourth-order valence-electron chi connectivity index (χ4n) is 1.83. The van der Waals surface area contributed by atoms with Gasteiger partial charge >= 0.3 is 0 Å². The number of aliphatic hydroxyl groups excluding tert-OH is 1. The lowest BCUT2D eigenvalue weighted by Gasteiger charge is -2.23. The molecule has 2 nitrogen and oxygen atoms in total. The molecule has 1 unspecified atom stereocenters. The number of nitrogens with zero attached hydrogens (tertiary/aromatic N) is 1. The number of hydrogen-bond acceptors (Lipinski definition) is 2.